The number of amides is 4. The Balaban J connectivity index is 1.41. The van der Waals surface area contributed by atoms with Gasteiger partial charge in [-0.1, -0.05) is 35.7 Å². The van der Waals surface area contributed by atoms with Crippen LogP contribution in [0.1, 0.15) is 39.7 Å². The van der Waals surface area contributed by atoms with Gasteiger partial charge in [0.05, 0.1) is 13.7 Å². The monoisotopic (exact) mass is 545 g/mol. The summed E-state index contributed by atoms with van der Waals surface area (Å²) < 4.78 is 5.52. The number of carbonyl (C=O) groups excluding carboxylic acids is 3. The van der Waals surface area contributed by atoms with Gasteiger partial charge < -0.3 is 30.0 Å². The molecule has 12 nitrogen and oxygen atoms in total. The van der Waals surface area contributed by atoms with E-state index in [-0.39, 0.29) is 18.1 Å². The predicted octanol–water partition coefficient (Wildman–Crippen LogP) is 0.758. The quantitative estimate of drug-likeness (QED) is 0.125. The van der Waals surface area contributed by atoms with Gasteiger partial charge in [0, 0.05) is 50.0 Å². The Morgan fingerprint density at radius 2 is 1.98 bits per heavy atom. The van der Waals surface area contributed by atoms with Crippen LogP contribution in [0.2, 0.25) is 0 Å². The SMILES string of the molecule is CCN1CCN(/C(=N/O)c2cnc(C#C[C@]3(CN4Cc5ccc(C)cc5C4=O)NC(=O)NC3=O)c(OC)c2)CC1. The van der Waals surface area contributed by atoms with Crippen molar-refractivity contribution in [3.8, 4) is 17.6 Å². The van der Waals surface area contributed by atoms with Gasteiger partial charge in [-0.15, -0.1) is 0 Å². The molecule has 2 saturated heterocycles. The van der Waals surface area contributed by atoms with Gasteiger partial charge in [0.25, 0.3) is 11.8 Å². The molecule has 0 saturated carbocycles. The number of aromatic nitrogens is 1. The lowest BCUT2D eigenvalue weighted by atomic mass is 9.99. The lowest BCUT2D eigenvalue weighted by molar-refractivity contribution is -0.122. The third-order valence-corrected chi connectivity index (χ3v) is 7.45. The topological polar surface area (TPSA) is 140 Å². The molecule has 0 spiro atoms. The van der Waals surface area contributed by atoms with Crippen molar-refractivity contribution in [2.24, 2.45) is 5.16 Å². The average Bonchev–Trinajstić information content (AvgIpc) is 3.42. The van der Waals surface area contributed by atoms with Gasteiger partial charge in [0.1, 0.15) is 0 Å². The number of piperazine rings is 1. The number of fused-ring (bicyclic) bond motifs is 1. The van der Waals surface area contributed by atoms with Crippen molar-refractivity contribution >= 4 is 23.7 Å². The lowest BCUT2D eigenvalue weighted by Gasteiger charge is -2.35. The Hall–Kier alpha value is -4.63. The summed E-state index contributed by atoms with van der Waals surface area (Å²) in [5, 5.41) is 18.1. The molecule has 3 aliphatic heterocycles. The van der Waals surface area contributed by atoms with E-state index in [0.29, 0.717) is 42.3 Å². The molecule has 208 valence electrons. The van der Waals surface area contributed by atoms with E-state index in [1.807, 2.05) is 30.0 Å². The minimum atomic E-state index is -1.67. The van der Waals surface area contributed by atoms with E-state index in [2.05, 4.69) is 44.4 Å². The van der Waals surface area contributed by atoms with Crippen molar-refractivity contribution in [3.05, 3.63) is 58.4 Å². The zero-order valence-corrected chi connectivity index (χ0v) is 22.7. The molecule has 1 aromatic heterocycles. The number of pyridine rings is 1. The van der Waals surface area contributed by atoms with Crippen LogP contribution in [0.3, 0.4) is 0 Å². The highest BCUT2D eigenvalue weighted by molar-refractivity contribution is 6.10. The minimum Gasteiger partial charge on any atom is -0.494 e. The van der Waals surface area contributed by atoms with E-state index in [0.717, 1.165) is 30.8 Å². The molecule has 2 fully saturated rings. The fourth-order valence-electron chi connectivity index (χ4n) is 5.18. The van der Waals surface area contributed by atoms with Gasteiger partial charge in [-0.05, 0) is 37.1 Å². The molecule has 3 N–H and O–H groups in total. The summed E-state index contributed by atoms with van der Waals surface area (Å²) in [5.74, 6) is 5.53. The number of urea groups is 1. The number of hydrogen-bond donors (Lipinski definition) is 3. The van der Waals surface area contributed by atoms with E-state index in [1.54, 1.807) is 6.07 Å². The van der Waals surface area contributed by atoms with Crippen molar-refractivity contribution in [1.82, 2.24) is 30.3 Å². The van der Waals surface area contributed by atoms with Crippen molar-refractivity contribution < 1.29 is 24.3 Å². The Labute approximate surface area is 232 Å². The highest BCUT2D eigenvalue weighted by Crippen LogP contribution is 2.27. The van der Waals surface area contributed by atoms with Crippen LogP contribution in [0.4, 0.5) is 4.79 Å². The summed E-state index contributed by atoms with van der Waals surface area (Å²) in [4.78, 5) is 48.4. The van der Waals surface area contributed by atoms with Crippen LogP contribution in [-0.2, 0) is 11.3 Å². The average molecular weight is 546 g/mol. The first-order valence-electron chi connectivity index (χ1n) is 13.1. The maximum Gasteiger partial charge on any atom is 0.323 e. The van der Waals surface area contributed by atoms with Gasteiger partial charge in [0.15, 0.2) is 17.3 Å². The normalized spacial score (nSPS) is 21.1. The Kier molecular flexibility index (Phi) is 7.32. The van der Waals surface area contributed by atoms with Gasteiger partial charge >= 0.3 is 6.03 Å². The molecule has 12 heteroatoms. The number of methoxy groups -OCH3 is 1. The van der Waals surface area contributed by atoms with Crippen molar-refractivity contribution in [2.45, 2.75) is 25.9 Å². The van der Waals surface area contributed by atoms with E-state index in [9.17, 15) is 19.6 Å². The summed E-state index contributed by atoms with van der Waals surface area (Å²) in [6.07, 6.45) is 1.52. The first-order chi connectivity index (χ1) is 19.3. The third kappa shape index (κ3) is 5.03. The molecular weight excluding hydrogens is 514 g/mol. The van der Waals surface area contributed by atoms with Crippen LogP contribution in [0, 0.1) is 18.8 Å². The summed E-state index contributed by atoms with van der Waals surface area (Å²) in [6, 6.07) is 6.60. The second kappa shape index (κ2) is 10.9. The van der Waals surface area contributed by atoms with Gasteiger partial charge in [-0.3, -0.25) is 14.9 Å². The molecule has 0 unspecified atom stereocenters. The number of rotatable bonds is 5. The highest BCUT2D eigenvalue weighted by Gasteiger charge is 2.48. The largest absolute Gasteiger partial charge is 0.494 e. The number of benzene rings is 1. The summed E-state index contributed by atoms with van der Waals surface area (Å²) in [7, 11) is 1.46. The number of carbonyl (C=O) groups is 3. The molecule has 0 aliphatic carbocycles. The summed E-state index contributed by atoms with van der Waals surface area (Å²) >= 11 is 0. The molecule has 2 aromatic rings. The van der Waals surface area contributed by atoms with Gasteiger partial charge in [-0.2, -0.15) is 0 Å². The molecule has 1 aromatic carbocycles. The fourth-order valence-corrected chi connectivity index (χ4v) is 5.18. The van der Waals surface area contributed by atoms with Crippen LogP contribution in [-0.4, -0.2) is 100 Å². The predicted molar refractivity (Wildman–Crippen MR) is 145 cm³/mol. The van der Waals surface area contributed by atoms with Crippen LogP contribution >= 0.6 is 0 Å². The number of ether oxygens (including phenoxy) is 1. The van der Waals surface area contributed by atoms with Crippen LogP contribution in [0.5, 0.6) is 5.75 Å². The second-order valence-electron chi connectivity index (χ2n) is 10.0. The zero-order valence-electron chi connectivity index (χ0n) is 22.7. The van der Waals surface area contributed by atoms with Crippen LogP contribution in [0.15, 0.2) is 35.6 Å². The Morgan fingerprint density at radius 1 is 1.20 bits per heavy atom. The Bertz CT molecular complexity index is 1450. The molecule has 1 atom stereocenters. The van der Waals surface area contributed by atoms with Gasteiger partial charge in [0.2, 0.25) is 5.54 Å². The number of likely N-dealkylation sites (N-methyl/N-ethyl adjacent to an activating group) is 1. The highest BCUT2D eigenvalue weighted by atomic mass is 16.5. The lowest BCUT2D eigenvalue weighted by Crippen LogP contribution is -2.54. The Morgan fingerprint density at radius 3 is 2.62 bits per heavy atom. The number of nitrogens with zero attached hydrogens (tertiary/aromatic N) is 5. The molecule has 4 heterocycles. The number of oxime groups is 1. The standard InChI is InChI=1S/C28H31N7O5/c1-4-33-9-11-34(12-10-33)24(32-39)20-14-23(40-3)22(29-15-20)7-8-28(26(37)30-27(38)31-28)17-35-16-19-6-5-18(2)13-21(19)25(35)36/h5-6,13-15,39H,4,9-12,16-17H2,1-3H3,(H2,30,31,37,38)/b32-24+/t28-/m1/s1. The first kappa shape index (κ1) is 27.0. The number of imide groups is 1. The number of aryl methyl sites for hydroxylation is 1. The van der Waals surface area contributed by atoms with Crippen molar-refractivity contribution in [1.29, 1.82) is 0 Å². The molecule has 0 radical (unpaired) electrons. The van der Waals surface area contributed by atoms with Gasteiger partial charge in [-0.25, -0.2) is 9.78 Å². The summed E-state index contributed by atoms with van der Waals surface area (Å²) in [5.41, 5.74) is 1.47. The van der Waals surface area contributed by atoms with Crippen molar-refractivity contribution in [3.63, 3.8) is 0 Å². The molecule has 5 rings (SSSR count). The number of nitrogens with one attached hydrogen (secondary N) is 2. The van der Waals surface area contributed by atoms with E-state index in [4.69, 9.17) is 4.74 Å². The molecule has 40 heavy (non-hydrogen) atoms. The molecule has 4 amide bonds. The van der Waals surface area contributed by atoms with E-state index >= 15 is 0 Å². The molecule has 0 bridgehead atoms. The molecule has 3 aliphatic rings. The van der Waals surface area contributed by atoms with E-state index in [1.165, 1.54) is 18.2 Å². The smallest absolute Gasteiger partial charge is 0.323 e. The maximum absolute atomic E-state index is 13.1. The number of hydrogen-bond acceptors (Lipinski definition) is 8. The molecular formula is C28H31N7O5. The first-order valence-corrected chi connectivity index (χ1v) is 13.1. The third-order valence-electron chi connectivity index (χ3n) is 7.45. The maximum atomic E-state index is 13.1. The van der Waals surface area contributed by atoms with Crippen LogP contribution < -0.4 is 15.4 Å². The fraction of sp³-hybridized carbons (Fsp3) is 0.393. The van der Waals surface area contributed by atoms with Crippen molar-refractivity contribution in [2.75, 3.05) is 46.4 Å². The van der Waals surface area contributed by atoms with E-state index < -0.39 is 17.5 Å². The van der Waals surface area contributed by atoms with Crippen LogP contribution in [0.25, 0.3) is 0 Å². The minimum absolute atomic E-state index is 0.143. The second-order valence-corrected chi connectivity index (χ2v) is 10.0. The summed E-state index contributed by atoms with van der Waals surface area (Å²) in [6.45, 7) is 8.23. The number of amidine groups is 1. The zero-order chi connectivity index (χ0) is 28.4.